The molecule has 0 saturated heterocycles. The minimum absolute atomic E-state index is 0.000809. The molecule has 3 rings (SSSR count). The number of anilines is 1. The first-order valence-electron chi connectivity index (χ1n) is 6.58. The summed E-state index contributed by atoms with van der Waals surface area (Å²) < 4.78 is 0. The lowest BCUT2D eigenvalue weighted by Gasteiger charge is -2.05. The molecule has 21 heavy (non-hydrogen) atoms. The molecule has 2 aromatic rings. The van der Waals surface area contributed by atoms with E-state index in [1.807, 2.05) is 0 Å². The predicted octanol–water partition coefficient (Wildman–Crippen LogP) is 2.29. The molecule has 1 aliphatic rings. The van der Waals surface area contributed by atoms with Gasteiger partial charge in [-0.2, -0.15) is 0 Å². The molecule has 0 bridgehead atoms. The van der Waals surface area contributed by atoms with Crippen molar-refractivity contribution in [2.45, 2.75) is 25.2 Å². The third kappa shape index (κ3) is 3.25. The standard InChI is InChI=1S/C14H13N3O3S/c18-11(7-9-3-1-2-4-10(9)13(19)20)15-14-17-16-12(21-14)8-5-6-8/h1-4,8H,5-7H2,(H,19,20)(H,15,17,18). The Morgan fingerprint density at radius 1 is 1.29 bits per heavy atom. The average Bonchev–Trinajstić information content (AvgIpc) is 3.20. The number of nitrogens with zero attached hydrogens (tertiary/aromatic N) is 2. The number of carbonyl (C=O) groups is 2. The zero-order valence-electron chi connectivity index (χ0n) is 11.1. The van der Waals surface area contributed by atoms with Crippen molar-refractivity contribution in [2.75, 3.05) is 5.32 Å². The lowest BCUT2D eigenvalue weighted by Crippen LogP contribution is -2.16. The van der Waals surface area contributed by atoms with Crippen molar-refractivity contribution in [3.63, 3.8) is 0 Å². The number of carboxylic acids is 1. The molecule has 1 aliphatic carbocycles. The van der Waals surface area contributed by atoms with Crippen LogP contribution in [0.3, 0.4) is 0 Å². The topological polar surface area (TPSA) is 92.2 Å². The van der Waals surface area contributed by atoms with Crippen LogP contribution in [0.2, 0.25) is 0 Å². The van der Waals surface area contributed by atoms with E-state index in [0.29, 0.717) is 16.6 Å². The van der Waals surface area contributed by atoms with Crippen LogP contribution in [0.25, 0.3) is 0 Å². The maximum atomic E-state index is 12.0. The molecule has 1 aromatic heterocycles. The fourth-order valence-corrected chi connectivity index (χ4v) is 2.93. The SMILES string of the molecule is O=C(Cc1ccccc1C(=O)O)Nc1nnc(C2CC2)s1. The highest BCUT2D eigenvalue weighted by molar-refractivity contribution is 7.15. The Hall–Kier alpha value is -2.28. The van der Waals surface area contributed by atoms with E-state index in [9.17, 15) is 9.59 Å². The summed E-state index contributed by atoms with van der Waals surface area (Å²) in [5, 5.41) is 21.2. The van der Waals surface area contributed by atoms with Crippen molar-refractivity contribution >= 4 is 28.3 Å². The second-order valence-electron chi connectivity index (χ2n) is 4.91. The second-order valence-corrected chi connectivity index (χ2v) is 5.92. The van der Waals surface area contributed by atoms with E-state index in [1.54, 1.807) is 18.2 Å². The molecule has 0 atom stereocenters. The lowest BCUT2D eigenvalue weighted by atomic mass is 10.0. The maximum absolute atomic E-state index is 12.0. The molecule has 1 heterocycles. The van der Waals surface area contributed by atoms with Gasteiger partial charge in [0, 0.05) is 5.92 Å². The largest absolute Gasteiger partial charge is 0.478 e. The third-order valence-corrected chi connectivity index (χ3v) is 4.21. The number of hydrogen-bond donors (Lipinski definition) is 2. The van der Waals surface area contributed by atoms with Crippen molar-refractivity contribution in [3.8, 4) is 0 Å². The Labute approximate surface area is 124 Å². The monoisotopic (exact) mass is 303 g/mol. The molecular formula is C14H13N3O3S. The van der Waals surface area contributed by atoms with Gasteiger partial charge in [-0.15, -0.1) is 10.2 Å². The Morgan fingerprint density at radius 3 is 2.76 bits per heavy atom. The minimum atomic E-state index is -1.04. The lowest BCUT2D eigenvalue weighted by molar-refractivity contribution is -0.115. The van der Waals surface area contributed by atoms with Crippen LogP contribution in [0.15, 0.2) is 24.3 Å². The number of nitrogens with one attached hydrogen (secondary N) is 1. The normalized spacial score (nSPS) is 13.9. The van der Waals surface area contributed by atoms with Crippen LogP contribution >= 0.6 is 11.3 Å². The van der Waals surface area contributed by atoms with Crippen molar-refractivity contribution in [3.05, 3.63) is 40.4 Å². The van der Waals surface area contributed by atoms with E-state index in [2.05, 4.69) is 15.5 Å². The quantitative estimate of drug-likeness (QED) is 0.884. The molecule has 2 N–H and O–H groups in total. The van der Waals surface area contributed by atoms with Gasteiger partial charge in [0.2, 0.25) is 11.0 Å². The second kappa shape index (κ2) is 5.61. The molecule has 0 radical (unpaired) electrons. The maximum Gasteiger partial charge on any atom is 0.335 e. The molecule has 1 saturated carbocycles. The van der Waals surface area contributed by atoms with Gasteiger partial charge in [-0.25, -0.2) is 4.79 Å². The fraction of sp³-hybridized carbons (Fsp3) is 0.286. The van der Waals surface area contributed by atoms with Crippen molar-refractivity contribution in [2.24, 2.45) is 0 Å². The summed E-state index contributed by atoms with van der Waals surface area (Å²) in [5.74, 6) is -0.826. The van der Waals surface area contributed by atoms with Gasteiger partial charge in [0.1, 0.15) is 5.01 Å². The molecule has 1 fully saturated rings. The first-order valence-corrected chi connectivity index (χ1v) is 7.39. The summed E-state index contributed by atoms with van der Waals surface area (Å²) in [5.41, 5.74) is 0.623. The Bertz CT molecular complexity index is 694. The van der Waals surface area contributed by atoms with Crippen LogP contribution in [0.5, 0.6) is 0 Å². The molecule has 0 unspecified atom stereocenters. The Morgan fingerprint density at radius 2 is 2.05 bits per heavy atom. The molecule has 1 amide bonds. The highest BCUT2D eigenvalue weighted by Gasteiger charge is 2.27. The summed E-state index contributed by atoms with van der Waals surface area (Å²) in [6, 6.07) is 6.47. The van der Waals surface area contributed by atoms with Gasteiger partial charge in [0.05, 0.1) is 12.0 Å². The van der Waals surface area contributed by atoms with Gasteiger partial charge in [0.15, 0.2) is 0 Å². The molecule has 0 spiro atoms. The zero-order valence-corrected chi connectivity index (χ0v) is 11.9. The number of aromatic nitrogens is 2. The molecule has 6 nitrogen and oxygen atoms in total. The molecule has 7 heteroatoms. The van der Waals surface area contributed by atoms with E-state index >= 15 is 0 Å². The van der Waals surface area contributed by atoms with Gasteiger partial charge in [0.25, 0.3) is 0 Å². The van der Waals surface area contributed by atoms with Crippen LogP contribution in [0, 0.1) is 0 Å². The highest BCUT2D eigenvalue weighted by Crippen LogP contribution is 2.42. The van der Waals surface area contributed by atoms with Crippen molar-refractivity contribution in [1.82, 2.24) is 10.2 Å². The van der Waals surface area contributed by atoms with Crippen LogP contribution in [-0.2, 0) is 11.2 Å². The highest BCUT2D eigenvalue weighted by atomic mass is 32.1. The van der Waals surface area contributed by atoms with Gasteiger partial charge >= 0.3 is 5.97 Å². The summed E-state index contributed by atoms with van der Waals surface area (Å²) in [6.07, 6.45) is 2.27. The Balaban J connectivity index is 1.67. The number of hydrogen-bond acceptors (Lipinski definition) is 5. The van der Waals surface area contributed by atoms with E-state index in [-0.39, 0.29) is 17.9 Å². The van der Waals surface area contributed by atoms with Crippen LogP contribution < -0.4 is 5.32 Å². The minimum Gasteiger partial charge on any atom is -0.478 e. The van der Waals surface area contributed by atoms with E-state index < -0.39 is 5.97 Å². The van der Waals surface area contributed by atoms with E-state index in [4.69, 9.17) is 5.11 Å². The van der Waals surface area contributed by atoms with E-state index in [1.165, 1.54) is 17.4 Å². The van der Waals surface area contributed by atoms with Gasteiger partial charge < -0.3 is 10.4 Å². The first kappa shape index (κ1) is 13.7. The molecular weight excluding hydrogens is 290 g/mol. The van der Waals surface area contributed by atoms with Gasteiger partial charge in [-0.05, 0) is 24.5 Å². The number of aromatic carboxylic acids is 1. The average molecular weight is 303 g/mol. The molecule has 1 aromatic carbocycles. The van der Waals surface area contributed by atoms with Crippen molar-refractivity contribution in [1.29, 1.82) is 0 Å². The zero-order chi connectivity index (χ0) is 14.8. The third-order valence-electron chi connectivity index (χ3n) is 3.21. The van der Waals surface area contributed by atoms with Gasteiger partial charge in [-0.3, -0.25) is 4.79 Å². The van der Waals surface area contributed by atoms with Gasteiger partial charge in [-0.1, -0.05) is 29.5 Å². The number of carboxylic acid groups (broad SMARTS) is 1. The predicted molar refractivity (Wildman–Crippen MR) is 77.6 cm³/mol. The number of benzene rings is 1. The smallest absolute Gasteiger partial charge is 0.335 e. The molecule has 0 aliphatic heterocycles. The first-order chi connectivity index (χ1) is 10.1. The van der Waals surface area contributed by atoms with Crippen LogP contribution in [-0.4, -0.2) is 27.2 Å². The van der Waals surface area contributed by atoms with E-state index in [0.717, 1.165) is 17.8 Å². The number of carbonyl (C=O) groups excluding carboxylic acids is 1. The fourth-order valence-electron chi connectivity index (χ4n) is 2.00. The molecule has 108 valence electrons. The summed E-state index contributed by atoms with van der Waals surface area (Å²) in [4.78, 5) is 23.1. The Kier molecular flexibility index (Phi) is 3.66. The summed E-state index contributed by atoms with van der Waals surface area (Å²) in [6.45, 7) is 0. The van der Waals surface area contributed by atoms with Crippen molar-refractivity contribution < 1.29 is 14.7 Å². The number of rotatable bonds is 5. The number of amides is 1. The summed E-state index contributed by atoms with van der Waals surface area (Å²) in [7, 11) is 0. The van der Waals surface area contributed by atoms with Crippen LogP contribution in [0.1, 0.15) is 39.7 Å². The summed E-state index contributed by atoms with van der Waals surface area (Å²) >= 11 is 1.38. The van der Waals surface area contributed by atoms with Crippen LogP contribution in [0.4, 0.5) is 5.13 Å².